The maximum atomic E-state index is 10.5. The molecule has 3 heteroatoms. The van der Waals surface area contributed by atoms with Crippen molar-refractivity contribution >= 4 is 31.8 Å². The Hall–Kier alpha value is 0.340. The van der Waals surface area contributed by atoms with Crippen LogP contribution >= 0.6 is 0 Å². The van der Waals surface area contributed by atoms with E-state index in [1.165, 1.54) is 12.8 Å². The number of carboxylic acids is 1. The van der Waals surface area contributed by atoms with Crippen LogP contribution in [-0.2, 0) is 4.79 Å². The van der Waals surface area contributed by atoms with E-state index in [1.54, 1.807) is 0 Å². The van der Waals surface area contributed by atoms with Gasteiger partial charge in [0.05, 0.1) is 5.92 Å². The van der Waals surface area contributed by atoms with Crippen molar-refractivity contribution in [2.24, 2.45) is 5.92 Å². The molecule has 1 N–H and O–H groups in total. The topological polar surface area (TPSA) is 37.3 Å². The first-order valence-electron chi connectivity index (χ1n) is 4.03. The third kappa shape index (κ3) is 4.04. The number of carboxylic acid groups (broad SMARTS) is 1. The standard InChI is InChI=1S/C8H14O2.In.3H/c9-8(10)7-5-3-1-2-4-6-7;;;;/h7H,1-6H2,(H,9,10);;;;. The molecule has 0 bridgehead atoms. The first-order valence-corrected chi connectivity index (χ1v) is 4.03. The zero-order chi connectivity index (χ0) is 7.40. The average molecular weight is 260 g/mol. The number of rotatable bonds is 1. The summed E-state index contributed by atoms with van der Waals surface area (Å²) in [5.74, 6) is -0.635. The summed E-state index contributed by atoms with van der Waals surface area (Å²) in [4.78, 5) is 10.5. The van der Waals surface area contributed by atoms with E-state index in [4.69, 9.17) is 5.11 Å². The van der Waals surface area contributed by atoms with Gasteiger partial charge in [0.2, 0.25) is 0 Å². The van der Waals surface area contributed by atoms with Crippen molar-refractivity contribution in [2.75, 3.05) is 0 Å². The van der Waals surface area contributed by atoms with E-state index in [0.717, 1.165) is 25.7 Å². The van der Waals surface area contributed by atoms with Crippen LogP contribution in [0.25, 0.3) is 0 Å². The molecule has 0 unspecified atom stereocenters. The van der Waals surface area contributed by atoms with E-state index < -0.39 is 5.97 Å². The van der Waals surface area contributed by atoms with Crippen LogP contribution in [0, 0.1) is 5.92 Å². The summed E-state index contributed by atoms with van der Waals surface area (Å²) in [6, 6.07) is 0. The molecule has 0 aromatic heterocycles. The van der Waals surface area contributed by atoms with Crippen LogP contribution in [0.2, 0.25) is 0 Å². The zero-order valence-electron chi connectivity index (χ0n) is 6.18. The van der Waals surface area contributed by atoms with Gasteiger partial charge in [-0.1, -0.05) is 25.7 Å². The second-order valence-corrected chi connectivity index (χ2v) is 3.03. The molecular formula is C8H17InO2. The van der Waals surface area contributed by atoms with Crippen LogP contribution < -0.4 is 0 Å². The molecule has 0 aromatic carbocycles. The van der Waals surface area contributed by atoms with Crippen molar-refractivity contribution in [3.63, 3.8) is 0 Å². The van der Waals surface area contributed by atoms with E-state index in [2.05, 4.69) is 0 Å². The molecule has 1 saturated carbocycles. The summed E-state index contributed by atoms with van der Waals surface area (Å²) < 4.78 is 0. The van der Waals surface area contributed by atoms with E-state index in [9.17, 15) is 4.79 Å². The van der Waals surface area contributed by atoms with Gasteiger partial charge in [-0.2, -0.15) is 0 Å². The molecule has 0 atom stereocenters. The van der Waals surface area contributed by atoms with E-state index in [1.807, 2.05) is 0 Å². The average Bonchev–Trinajstić information content (AvgIpc) is 2.12. The molecule has 1 aliphatic rings. The molecule has 2 nitrogen and oxygen atoms in total. The monoisotopic (exact) mass is 260 g/mol. The van der Waals surface area contributed by atoms with Crippen molar-refractivity contribution in [1.29, 1.82) is 0 Å². The summed E-state index contributed by atoms with van der Waals surface area (Å²) in [6.07, 6.45) is 6.46. The molecule has 0 amide bonds. The van der Waals surface area contributed by atoms with Crippen molar-refractivity contribution in [3.8, 4) is 0 Å². The molecule has 0 heterocycles. The number of hydrogen-bond acceptors (Lipinski definition) is 1. The summed E-state index contributed by atoms with van der Waals surface area (Å²) in [7, 11) is 0. The molecule has 0 aliphatic heterocycles. The van der Waals surface area contributed by atoms with Crippen LogP contribution in [0.1, 0.15) is 38.5 Å². The van der Waals surface area contributed by atoms with Crippen LogP contribution in [0.3, 0.4) is 0 Å². The quantitative estimate of drug-likeness (QED) is 0.710. The van der Waals surface area contributed by atoms with Gasteiger partial charge in [-0.15, -0.1) is 0 Å². The normalized spacial score (nSPS) is 20.0. The molecule has 11 heavy (non-hydrogen) atoms. The Morgan fingerprint density at radius 3 is 1.91 bits per heavy atom. The van der Waals surface area contributed by atoms with Gasteiger partial charge in [0.15, 0.2) is 0 Å². The number of aliphatic carboxylic acids is 1. The van der Waals surface area contributed by atoms with Crippen LogP contribution in [0.5, 0.6) is 0 Å². The minimum atomic E-state index is -0.595. The molecule has 1 rings (SSSR count). The first kappa shape index (κ1) is 11.3. The summed E-state index contributed by atoms with van der Waals surface area (Å²) in [6.45, 7) is 0. The molecule has 0 saturated heterocycles. The van der Waals surface area contributed by atoms with E-state index in [0.29, 0.717) is 0 Å². The van der Waals surface area contributed by atoms with Gasteiger partial charge in [0.1, 0.15) is 0 Å². The third-order valence-electron chi connectivity index (χ3n) is 2.20. The van der Waals surface area contributed by atoms with Crippen molar-refractivity contribution in [3.05, 3.63) is 0 Å². The SMILES string of the molecule is O=C(O)C1CCCCCC1.[InH3]. The molecule has 0 spiro atoms. The molecule has 1 fully saturated rings. The van der Waals surface area contributed by atoms with Crippen LogP contribution in [0.4, 0.5) is 0 Å². The Labute approximate surface area is 86.2 Å². The van der Waals surface area contributed by atoms with Gasteiger partial charge in [-0.3, -0.25) is 4.79 Å². The van der Waals surface area contributed by atoms with Crippen LogP contribution in [-0.4, -0.2) is 36.9 Å². The minimum absolute atomic E-state index is 0. The van der Waals surface area contributed by atoms with E-state index in [-0.39, 0.29) is 31.8 Å². The fourth-order valence-corrected chi connectivity index (χ4v) is 1.53. The van der Waals surface area contributed by atoms with Crippen molar-refractivity contribution < 1.29 is 9.90 Å². The fraction of sp³-hybridized carbons (Fsp3) is 0.875. The van der Waals surface area contributed by atoms with Gasteiger partial charge in [0.25, 0.3) is 0 Å². The van der Waals surface area contributed by atoms with Gasteiger partial charge < -0.3 is 5.11 Å². The Morgan fingerprint density at radius 2 is 1.55 bits per heavy atom. The summed E-state index contributed by atoms with van der Waals surface area (Å²) in [5, 5.41) is 8.66. The second kappa shape index (κ2) is 5.92. The second-order valence-electron chi connectivity index (χ2n) is 3.03. The Bertz CT molecular complexity index is 117. The number of hydrogen-bond donors (Lipinski definition) is 1. The first-order chi connectivity index (χ1) is 4.80. The van der Waals surface area contributed by atoms with Crippen molar-refractivity contribution in [1.82, 2.24) is 0 Å². The van der Waals surface area contributed by atoms with Gasteiger partial charge in [-0.05, 0) is 12.8 Å². The Kier molecular flexibility index (Phi) is 6.11. The molecular weight excluding hydrogens is 243 g/mol. The fourth-order valence-electron chi connectivity index (χ4n) is 1.53. The van der Waals surface area contributed by atoms with Gasteiger partial charge in [0, 0.05) is 0 Å². The Morgan fingerprint density at radius 1 is 1.09 bits per heavy atom. The third-order valence-corrected chi connectivity index (χ3v) is 2.20. The molecule has 0 aromatic rings. The van der Waals surface area contributed by atoms with Gasteiger partial charge >= 0.3 is 31.8 Å². The predicted octanol–water partition coefficient (Wildman–Crippen LogP) is 0.857. The van der Waals surface area contributed by atoms with Crippen molar-refractivity contribution in [2.45, 2.75) is 38.5 Å². The molecule has 0 radical (unpaired) electrons. The van der Waals surface area contributed by atoms with Gasteiger partial charge in [-0.25, -0.2) is 0 Å². The molecule has 1 aliphatic carbocycles. The van der Waals surface area contributed by atoms with Crippen LogP contribution in [0.15, 0.2) is 0 Å². The summed E-state index contributed by atoms with van der Waals surface area (Å²) in [5.41, 5.74) is 0. The summed E-state index contributed by atoms with van der Waals surface area (Å²) >= 11 is 0. The molecule has 64 valence electrons. The van der Waals surface area contributed by atoms with E-state index >= 15 is 0 Å². The number of carbonyl (C=O) groups is 1. The zero-order valence-corrected chi connectivity index (χ0v) is 6.18. The Balaban J connectivity index is 0.000001000. The maximum absolute atomic E-state index is 10.5. The predicted molar refractivity (Wildman–Crippen MR) is 48.8 cm³/mol.